The van der Waals surface area contributed by atoms with Gasteiger partial charge in [0.1, 0.15) is 11.6 Å². The normalized spacial score (nSPS) is 11.0. The molecule has 0 saturated carbocycles. The van der Waals surface area contributed by atoms with Crippen molar-refractivity contribution < 1.29 is 9.59 Å². The molecular weight excluding hydrogens is 526 g/mol. The molecule has 7 heteroatoms. The van der Waals surface area contributed by atoms with Crippen LogP contribution in [0, 0.1) is 0 Å². The number of allylic oxidation sites excluding steroid dienone is 1. The fourth-order valence-corrected chi connectivity index (χ4v) is 4.96. The van der Waals surface area contributed by atoms with E-state index in [1.165, 1.54) is 0 Å². The van der Waals surface area contributed by atoms with Crippen molar-refractivity contribution in [2.45, 2.75) is 25.7 Å². The summed E-state index contributed by atoms with van der Waals surface area (Å²) in [7, 11) is 0. The van der Waals surface area contributed by atoms with Gasteiger partial charge in [-0.05, 0) is 27.7 Å². The number of fused-ring (bicyclic) bond motifs is 1. The fourth-order valence-electron chi connectivity index (χ4n) is 4.59. The predicted molar refractivity (Wildman–Crippen MR) is 160 cm³/mol. The second kappa shape index (κ2) is 11.8. The van der Waals surface area contributed by atoms with Crippen LogP contribution in [0.2, 0.25) is 5.02 Å². The van der Waals surface area contributed by atoms with E-state index in [9.17, 15) is 9.59 Å². The Bertz CT molecular complexity index is 1690. The fraction of sp³-hybridized carbons (Fsp3) is 0.125. The number of hydrogen-bond donors (Lipinski definition) is 2. The Labute approximate surface area is 237 Å². The summed E-state index contributed by atoms with van der Waals surface area (Å²) in [6.45, 7) is 3.66. The lowest BCUT2D eigenvalue weighted by atomic mass is 9.98. The quantitative estimate of drug-likeness (QED) is 0.142. The van der Waals surface area contributed by atoms with Crippen molar-refractivity contribution in [2.24, 2.45) is 0 Å². The summed E-state index contributed by atoms with van der Waals surface area (Å²) in [5.41, 5.74) is 6.03. The molecule has 1 N–H and O–H groups in total. The summed E-state index contributed by atoms with van der Waals surface area (Å²) in [4.78, 5) is 38.0. The molecule has 5 rings (SSSR count). The van der Waals surface area contributed by atoms with Crippen LogP contribution in [0.5, 0.6) is 0 Å². The van der Waals surface area contributed by atoms with Crippen molar-refractivity contribution in [3.8, 4) is 11.3 Å². The summed E-state index contributed by atoms with van der Waals surface area (Å²) >= 11 is 10.6. The number of para-hydroxylation sites is 1. The average Bonchev–Trinajstić information content (AvgIpc) is 3.34. The predicted octanol–water partition coefficient (Wildman–Crippen LogP) is 7.24. The molecule has 3 aromatic carbocycles. The molecule has 5 aromatic rings. The third kappa shape index (κ3) is 6.53. The molecule has 0 aliphatic carbocycles. The number of nitrogens with one attached hydrogen (secondary N) is 1. The zero-order valence-corrected chi connectivity index (χ0v) is 22.8. The van der Waals surface area contributed by atoms with Crippen LogP contribution < -0.4 is 0 Å². The molecule has 0 fully saturated rings. The average molecular weight is 552 g/mol. The summed E-state index contributed by atoms with van der Waals surface area (Å²) in [5.74, 6) is 0.706. The molecule has 0 atom stereocenters. The Morgan fingerprint density at radius 1 is 0.923 bits per heavy atom. The van der Waals surface area contributed by atoms with Gasteiger partial charge in [0, 0.05) is 60.1 Å². The van der Waals surface area contributed by atoms with Gasteiger partial charge in [-0.25, -0.2) is 9.97 Å². The highest BCUT2D eigenvalue weighted by atomic mass is 35.5. The molecule has 0 bridgehead atoms. The van der Waals surface area contributed by atoms with E-state index in [4.69, 9.17) is 16.6 Å². The maximum absolute atomic E-state index is 13.0. The van der Waals surface area contributed by atoms with Crippen LogP contribution in [-0.4, -0.2) is 26.5 Å². The summed E-state index contributed by atoms with van der Waals surface area (Å²) < 4.78 is 0. The Morgan fingerprint density at radius 2 is 1.69 bits per heavy atom. The minimum atomic E-state index is 0.0122. The Hall–Kier alpha value is -4.00. The first kappa shape index (κ1) is 26.6. The SMILES string of the molecule is C=C(S)CC(=O)Cc1ccc(C(=O)Cc2cccc(Cc3ncc(Cl)c(-c4c[nH]c5ccccc45)n3)c2)cc1. The highest BCUT2D eigenvalue weighted by Crippen LogP contribution is 2.32. The minimum absolute atomic E-state index is 0.0122. The topological polar surface area (TPSA) is 75.7 Å². The van der Waals surface area contributed by atoms with Crippen LogP contribution >= 0.6 is 24.2 Å². The van der Waals surface area contributed by atoms with Gasteiger partial charge < -0.3 is 4.98 Å². The maximum atomic E-state index is 13.0. The van der Waals surface area contributed by atoms with Crippen molar-refractivity contribution in [1.29, 1.82) is 0 Å². The molecule has 2 aromatic heterocycles. The zero-order chi connectivity index (χ0) is 27.4. The molecule has 0 amide bonds. The van der Waals surface area contributed by atoms with Gasteiger partial charge in [-0.3, -0.25) is 9.59 Å². The summed E-state index contributed by atoms with van der Waals surface area (Å²) in [6.07, 6.45) is 4.87. The molecule has 0 aliphatic rings. The number of Topliss-reactive ketones (excluding diaryl/α,β-unsaturated/α-hetero) is 2. The number of hydrogen-bond acceptors (Lipinski definition) is 5. The highest BCUT2D eigenvalue weighted by Gasteiger charge is 2.14. The van der Waals surface area contributed by atoms with Crippen molar-refractivity contribution in [3.05, 3.63) is 130 Å². The molecule has 0 spiro atoms. The first-order valence-corrected chi connectivity index (χ1v) is 13.3. The number of nitrogens with zero attached hydrogens (tertiary/aromatic N) is 2. The second-order valence-electron chi connectivity index (χ2n) is 9.48. The first-order valence-electron chi connectivity index (χ1n) is 12.5. The van der Waals surface area contributed by atoms with Gasteiger partial charge in [-0.1, -0.05) is 84.9 Å². The number of carbonyl (C=O) groups is 2. The van der Waals surface area contributed by atoms with Gasteiger partial charge >= 0.3 is 0 Å². The molecule has 2 heterocycles. The largest absolute Gasteiger partial charge is 0.360 e. The Balaban J connectivity index is 1.28. The number of halogens is 1. The lowest BCUT2D eigenvalue weighted by Gasteiger charge is -2.08. The van der Waals surface area contributed by atoms with E-state index < -0.39 is 0 Å². The van der Waals surface area contributed by atoms with Gasteiger partial charge in [0.2, 0.25) is 0 Å². The van der Waals surface area contributed by atoms with E-state index in [-0.39, 0.29) is 24.4 Å². The zero-order valence-electron chi connectivity index (χ0n) is 21.2. The molecule has 5 nitrogen and oxygen atoms in total. The summed E-state index contributed by atoms with van der Waals surface area (Å²) in [5, 5.41) is 1.54. The van der Waals surface area contributed by atoms with Crippen molar-refractivity contribution in [2.75, 3.05) is 0 Å². The Morgan fingerprint density at radius 3 is 2.49 bits per heavy atom. The number of ketones is 2. The third-order valence-electron chi connectivity index (χ3n) is 6.44. The van der Waals surface area contributed by atoms with Crippen LogP contribution in [0.1, 0.15) is 39.3 Å². The molecule has 194 valence electrons. The van der Waals surface area contributed by atoms with E-state index in [2.05, 4.69) is 29.2 Å². The van der Waals surface area contributed by atoms with Crippen LogP contribution in [0.15, 0.2) is 96.7 Å². The van der Waals surface area contributed by atoms with Crippen LogP contribution in [0.3, 0.4) is 0 Å². The Kier molecular flexibility index (Phi) is 8.05. The minimum Gasteiger partial charge on any atom is -0.360 e. The smallest absolute Gasteiger partial charge is 0.167 e. The van der Waals surface area contributed by atoms with Crippen molar-refractivity contribution >= 4 is 46.7 Å². The number of thiol groups is 1. The van der Waals surface area contributed by atoms with Crippen molar-refractivity contribution in [1.82, 2.24) is 15.0 Å². The third-order valence-corrected chi connectivity index (χ3v) is 6.87. The second-order valence-corrected chi connectivity index (χ2v) is 10.5. The van der Waals surface area contributed by atoms with Crippen molar-refractivity contribution in [3.63, 3.8) is 0 Å². The number of aromatic nitrogens is 3. The van der Waals surface area contributed by atoms with E-state index in [1.807, 2.05) is 66.9 Å². The standard InChI is InChI=1S/C32H26ClN3O2S/c1-20(39)13-25(37)15-21-9-11-24(12-10-21)30(38)16-22-5-4-6-23(14-22)17-31-35-19-28(33)32(36-31)27-18-34-29-8-3-2-7-26(27)29/h2-12,14,18-19,34,39H,1,13,15-17H2. The van der Waals surface area contributed by atoms with E-state index in [0.717, 1.165) is 33.2 Å². The van der Waals surface area contributed by atoms with E-state index in [0.29, 0.717) is 39.9 Å². The van der Waals surface area contributed by atoms with Crippen LogP contribution in [0.4, 0.5) is 0 Å². The van der Waals surface area contributed by atoms with E-state index >= 15 is 0 Å². The van der Waals surface area contributed by atoms with E-state index in [1.54, 1.807) is 18.3 Å². The number of carbonyl (C=O) groups excluding carboxylic acids is 2. The molecule has 0 radical (unpaired) electrons. The van der Waals surface area contributed by atoms with Gasteiger partial charge in [0.05, 0.1) is 10.7 Å². The van der Waals surface area contributed by atoms with Crippen LogP contribution in [-0.2, 0) is 24.1 Å². The number of H-pyrrole nitrogens is 1. The molecule has 0 aliphatic heterocycles. The van der Waals surface area contributed by atoms with Gasteiger partial charge in [0.25, 0.3) is 0 Å². The van der Waals surface area contributed by atoms with Gasteiger partial charge in [0.15, 0.2) is 5.78 Å². The maximum Gasteiger partial charge on any atom is 0.167 e. The number of aromatic amines is 1. The lowest BCUT2D eigenvalue weighted by Crippen LogP contribution is -2.06. The highest BCUT2D eigenvalue weighted by molar-refractivity contribution is 7.84. The van der Waals surface area contributed by atoms with Gasteiger partial charge in [-0.2, -0.15) is 0 Å². The molecular formula is C32H26ClN3O2S. The molecule has 39 heavy (non-hydrogen) atoms. The first-order chi connectivity index (χ1) is 18.9. The monoisotopic (exact) mass is 551 g/mol. The molecule has 0 unspecified atom stereocenters. The number of rotatable bonds is 10. The summed E-state index contributed by atoms with van der Waals surface area (Å²) in [6, 6.07) is 23.1. The van der Waals surface area contributed by atoms with Crippen LogP contribution in [0.25, 0.3) is 22.2 Å². The molecule has 0 saturated heterocycles. The lowest BCUT2D eigenvalue weighted by molar-refractivity contribution is -0.117. The number of benzene rings is 3. The van der Waals surface area contributed by atoms with Gasteiger partial charge in [-0.15, -0.1) is 12.6 Å².